The van der Waals surface area contributed by atoms with E-state index in [0.717, 1.165) is 18.4 Å². The largest absolute Gasteiger partial charge is 0.492 e. The highest BCUT2D eigenvalue weighted by Gasteiger charge is 2.12. The van der Waals surface area contributed by atoms with Crippen LogP contribution in [-0.4, -0.2) is 23.5 Å². The van der Waals surface area contributed by atoms with Crippen LogP contribution in [0.25, 0.3) is 0 Å². The second-order valence-electron chi connectivity index (χ2n) is 8.36. The van der Waals surface area contributed by atoms with Gasteiger partial charge in [0.05, 0.1) is 11.1 Å². The van der Waals surface area contributed by atoms with Crippen molar-refractivity contribution in [1.82, 2.24) is 5.32 Å². The lowest BCUT2D eigenvalue weighted by atomic mass is 10.1. The summed E-state index contributed by atoms with van der Waals surface area (Å²) in [6, 6.07) is 19.7. The molecule has 0 heterocycles. The minimum absolute atomic E-state index is 0.170. The minimum Gasteiger partial charge on any atom is -0.492 e. The Morgan fingerprint density at radius 2 is 1.56 bits per heavy atom. The normalized spacial score (nSPS) is 10.4. The predicted octanol–water partition coefficient (Wildman–Crippen LogP) is 7.10. The molecule has 0 bridgehead atoms. The summed E-state index contributed by atoms with van der Waals surface area (Å²) >= 11 is 8.77. The third kappa shape index (κ3) is 8.46. The van der Waals surface area contributed by atoms with Gasteiger partial charge < -0.3 is 15.4 Å². The zero-order valence-electron chi connectivity index (χ0n) is 20.4. The number of thiocarbonyl (C=S) groups is 1. The van der Waals surface area contributed by atoms with Gasteiger partial charge in [-0.2, -0.15) is 0 Å². The van der Waals surface area contributed by atoms with Crippen LogP contribution in [0.5, 0.6) is 5.75 Å². The van der Waals surface area contributed by atoms with Gasteiger partial charge >= 0.3 is 0 Å². The van der Waals surface area contributed by atoms with Crippen molar-refractivity contribution in [1.29, 1.82) is 0 Å². The highest BCUT2D eigenvalue weighted by Crippen LogP contribution is 2.26. The molecule has 0 atom stereocenters. The monoisotopic (exact) mass is 567 g/mol. The molecule has 0 aliphatic carbocycles. The Morgan fingerprint density at radius 1 is 0.861 bits per heavy atom. The number of halogens is 1. The Balaban J connectivity index is 1.49. The van der Waals surface area contributed by atoms with Gasteiger partial charge in [-0.05, 0) is 96.1 Å². The van der Waals surface area contributed by atoms with E-state index in [1.807, 2.05) is 25.1 Å². The predicted molar refractivity (Wildman–Crippen MR) is 153 cm³/mol. The number of anilines is 2. The maximum absolute atomic E-state index is 12.6. The second kappa shape index (κ2) is 13.8. The molecule has 0 fully saturated rings. The summed E-state index contributed by atoms with van der Waals surface area (Å²) in [7, 11) is 0. The summed E-state index contributed by atoms with van der Waals surface area (Å²) in [6.07, 6.45) is 4.53. The summed E-state index contributed by atoms with van der Waals surface area (Å²) in [4.78, 5) is 25.0. The fourth-order valence-corrected chi connectivity index (χ4v) is 4.14. The summed E-state index contributed by atoms with van der Waals surface area (Å²) in [5, 5.41) is 8.70. The smallest absolute Gasteiger partial charge is 0.257 e. The van der Waals surface area contributed by atoms with Gasteiger partial charge in [0.2, 0.25) is 0 Å². The van der Waals surface area contributed by atoms with E-state index in [-0.39, 0.29) is 16.9 Å². The molecule has 3 aromatic rings. The van der Waals surface area contributed by atoms with Crippen molar-refractivity contribution >= 4 is 56.4 Å². The Hall–Kier alpha value is -3.23. The average molecular weight is 569 g/mol. The second-order valence-corrected chi connectivity index (χ2v) is 9.63. The fourth-order valence-electron chi connectivity index (χ4n) is 3.43. The van der Waals surface area contributed by atoms with Crippen LogP contribution in [0, 0.1) is 6.92 Å². The summed E-state index contributed by atoms with van der Waals surface area (Å²) < 4.78 is 6.51. The number of amides is 2. The summed E-state index contributed by atoms with van der Waals surface area (Å²) in [5.74, 6) is 0.198. The molecule has 0 saturated carbocycles. The minimum atomic E-state index is -0.329. The van der Waals surface area contributed by atoms with E-state index >= 15 is 0 Å². The number of hydrogen-bond donors (Lipinski definition) is 3. The molecule has 8 heteroatoms. The fraction of sp³-hybridized carbons (Fsp3) is 0.250. The molecule has 6 nitrogen and oxygen atoms in total. The maximum atomic E-state index is 12.6. The quantitative estimate of drug-likeness (QED) is 0.180. The molecule has 0 radical (unpaired) electrons. The lowest BCUT2D eigenvalue weighted by Gasteiger charge is -2.12. The first-order valence-electron chi connectivity index (χ1n) is 11.9. The molecule has 188 valence electrons. The first kappa shape index (κ1) is 27.4. The van der Waals surface area contributed by atoms with Crippen LogP contribution in [0.2, 0.25) is 0 Å². The zero-order valence-corrected chi connectivity index (χ0v) is 22.8. The average Bonchev–Trinajstić information content (AvgIpc) is 2.85. The van der Waals surface area contributed by atoms with Gasteiger partial charge in [0.15, 0.2) is 5.11 Å². The van der Waals surface area contributed by atoms with Crippen LogP contribution >= 0.6 is 28.1 Å². The zero-order chi connectivity index (χ0) is 25.9. The van der Waals surface area contributed by atoms with E-state index in [1.165, 1.54) is 12.8 Å². The number of aryl methyl sites for hydroxylation is 1. The third-order valence-corrected chi connectivity index (χ3v) is 6.18. The van der Waals surface area contributed by atoms with E-state index in [0.29, 0.717) is 39.3 Å². The lowest BCUT2D eigenvalue weighted by molar-refractivity contribution is 0.0976. The molecule has 0 spiro atoms. The summed E-state index contributed by atoms with van der Waals surface area (Å²) in [5.41, 5.74) is 3.41. The van der Waals surface area contributed by atoms with Gasteiger partial charge in [-0.25, -0.2) is 0 Å². The van der Waals surface area contributed by atoms with Gasteiger partial charge in [0.1, 0.15) is 5.75 Å². The number of ether oxygens (including phenoxy) is 1. The Bertz CT molecular complexity index is 1210. The van der Waals surface area contributed by atoms with E-state index in [2.05, 4.69) is 38.8 Å². The van der Waals surface area contributed by atoms with Crippen molar-refractivity contribution in [2.45, 2.75) is 39.5 Å². The SMILES string of the molecule is CCCCCCOc1ccc(C(=O)NC(=S)Nc2ccc(NC(=O)c3cccc(C)c3)cc2)cc1Br. The maximum Gasteiger partial charge on any atom is 0.257 e. The molecular weight excluding hydrogens is 538 g/mol. The standard InChI is InChI=1S/C28H30BrN3O3S/c1-3-4-5-6-16-35-25-15-10-21(18-24(25)29)27(34)32-28(36)31-23-13-11-22(12-14-23)30-26(33)20-9-7-8-19(2)17-20/h7-15,17-18H,3-6,16H2,1-2H3,(H,30,33)(H2,31,32,34,36). The first-order chi connectivity index (χ1) is 17.4. The van der Waals surface area contributed by atoms with Crippen molar-refractivity contribution in [2.75, 3.05) is 17.2 Å². The number of nitrogens with one attached hydrogen (secondary N) is 3. The molecule has 36 heavy (non-hydrogen) atoms. The highest BCUT2D eigenvalue weighted by atomic mass is 79.9. The van der Waals surface area contributed by atoms with Crippen LogP contribution in [0.15, 0.2) is 71.2 Å². The lowest BCUT2D eigenvalue weighted by Crippen LogP contribution is -2.34. The molecule has 0 aliphatic heterocycles. The van der Waals surface area contributed by atoms with Gasteiger partial charge in [-0.1, -0.05) is 43.9 Å². The van der Waals surface area contributed by atoms with Crippen LogP contribution < -0.4 is 20.7 Å². The molecule has 3 aromatic carbocycles. The van der Waals surface area contributed by atoms with Gasteiger partial charge in [0.25, 0.3) is 11.8 Å². The van der Waals surface area contributed by atoms with Crippen LogP contribution in [0.3, 0.4) is 0 Å². The van der Waals surface area contributed by atoms with Crippen LogP contribution in [0.1, 0.15) is 58.9 Å². The summed E-state index contributed by atoms with van der Waals surface area (Å²) in [6.45, 7) is 4.76. The molecular formula is C28H30BrN3O3S. The van der Waals surface area contributed by atoms with E-state index in [4.69, 9.17) is 17.0 Å². The Morgan fingerprint density at radius 3 is 2.22 bits per heavy atom. The van der Waals surface area contributed by atoms with Gasteiger partial charge in [0, 0.05) is 22.5 Å². The molecule has 3 rings (SSSR count). The van der Waals surface area contributed by atoms with Crippen molar-refractivity contribution in [3.63, 3.8) is 0 Å². The topological polar surface area (TPSA) is 79.5 Å². The van der Waals surface area contributed by atoms with Crippen molar-refractivity contribution < 1.29 is 14.3 Å². The number of hydrogen-bond acceptors (Lipinski definition) is 4. The van der Waals surface area contributed by atoms with E-state index in [1.54, 1.807) is 48.5 Å². The molecule has 2 amide bonds. The Kier molecular flexibility index (Phi) is 10.5. The Labute approximate surface area is 226 Å². The molecule has 0 aromatic heterocycles. The van der Waals surface area contributed by atoms with E-state index < -0.39 is 0 Å². The highest BCUT2D eigenvalue weighted by molar-refractivity contribution is 9.10. The van der Waals surface area contributed by atoms with Crippen molar-refractivity contribution in [3.8, 4) is 5.75 Å². The van der Waals surface area contributed by atoms with E-state index in [9.17, 15) is 9.59 Å². The van der Waals surface area contributed by atoms with Gasteiger partial charge in [-0.15, -0.1) is 0 Å². The molecule has 0 aliphatic rings. The van der Waals surface area contributed by atoms with Crippen molar-refractivity contribution in [2.24, 2.45) is 0 Å². The first-order valence-corrected chi connectivity index (χ1v) is 13.1. The molecule has 3 N–H and O–H groups in total. The number of rotatable bonds is 10. The van der Waals surface area contributed by atoms with Crippen LogP contribution in [-0.2, 0) is 0 Å². The molecule has 0 saturated heterocycles. The van der Waals surface area contributed by atoms with Crippen LogP contribution in [0.4, 0.5) is 11.4 Å². The number of unbranched alkanes of at least 4 members (excludes halogenated alkanes) is 3. The molecule has 0 unspecified atom stereocenters. The van der Waals surface area contributed by atoms with Crippen molar-refractivity contribution in [3.05, 3.63) is 87.9 Å². The number of carbonyl (C=O) groups excluding carboxylic acids is 2. The number of carbonyl (C=O) groups is 2. The third-order valence-electron chi connectivity index (χ3n) is 5.36. The van der Waals surface area contributed by atoms with Gasteiger partial charge in [-0.3, -0.25) is 14.9 Å². The number of benzene rings is 3.